The lowest BCUT2D eigenvalue weighted by atomic mass is 9.89. The van der Waals surface area contributed by atoms with E-state index < -0.39 is 5.95 Å². The highest BCUT2D eigenvalue weighted by molar-refractivity contribution is 5.81. The molecule has 4 heteroatoms. The van der Waals surface area contributed by atoms with Gasteiger partial charge in [-0.1, -0.05) is 48.5 Å². The summed E-state index contributed by atoms with van der Waals surface area (Å²) in [7, 11) is 0. The van der Waals surface area contributed by atoms with Crippen molar-refractivity contribution in [1.82, 2.24) is 5.27 Å². The molecule has 0 aliphatic heterocycles. The number of aryl methyl sites for hydroxylation is 1. The molecule has 0 amide bonds. The molecule has 0 saturated carbocycles. The highest BCUT2D eigenvalue weighted by atomic mass is 16.6. The van der Waals surface area contributed by atoms with Crippen LogP contribution in [0.25, 0.3) is 11.3 Å². The number of allylic oxidation sites excluding steroid dienone is 1. The molecule has 0 saturated heterocycles. The molecule has 3 aromatic rings. The van der Waals surface area contributed by atoms with Gasteiger partial charge in [-0.15, -0.1) is 0 Å². The number of para-hydroxylation sites is 1. The first-order valence-corrected chi connectivity index (χ1v) is 7.28. The van der Waals surface area contributed by atoms with Crippen LogP contribution in [0.15, 0.2) is 65.2 Å². The molecule has 0 N–H and O–H groups in total. The van der Waals surface area contributed by atoms with E-state index in [9.17, 15) is 5.11 Å². The standard InChI is InChI=1S/C18H14N2O2/c21-18-17(20(19-22-18)14-9-2-1-3-10-14)16-12-6-8-13-7-4-5-11-15(13)16/h1-5,7,9-12H,6,8H2. The molecule has 1 aliphatic rings. The topological polar surface area (TPSA) is 53.0 Å². The van der Waals surface area contributed by atoms with E-state index in [1.165, 1.54) is 5.56 Å². The Morgan fingerprint density at radius 3 is 2.64 bits per heavy atom. The second kappa shape index (κ2) is 5.15. The summed E-state index contributed by atoms with van der Waals surface area (Å²) in [6.45, 7) is 0. The summed E-state index contributed by atoms with van der Waals surface area (Å²) < 4.78 is 6.51. The molecule has 0 atom stereocenters. The summed E-state index contributed by atoms with van der Waals surface area (Å²) in [6.07, 6.45) is 3.99. The van der Waals surface area contributed by atoms with Crippen LogP contribution in [-0.4, -0.2) is 5.27 Å². The minimum atomic E-state index is -0.410. The van der Waals surface area contributed by atoms with Crippen LogP contribution < -0.4 is 9.79 Å². The number of hydrogen-bond acceptors (Lipinski definition) is 3. The maximum absolute atomic E-state index is 12.2. The number of nitrogens with zero attached hydrogens (tertiary/aromatic N) is 2. The van der Waals surface area contributed by atoms with Crippen molar-refractivity contribution < 1.29 is 14.3 Å². The second-order valence-corrected chi connectivity index (χ2v) is 5.27. The zero-order valence-corrected chi connectivity index (χ0v) is 11.9. The van der Waals surface area contributed by atoms with Gasteiger partial charge in [-0.25, -0.2) is 0 Å². The van der Waals surface area contributed by atoms with Crippen molar-refractivity contribution >= 4 is 5.57 Å². The summed E-state index contributed by atoms with van der Waals surface area (Å²) >= 11 is 0. The van der Waals surface area contributed by atoms with Crippen molar-refractivity contribution in [3.63, 3.8) is 0 Å². The zero-order chi connectivity index (χ0) is 14.9. The lowest BCUT2D eigenvalue weighted by molar-refractivity contribution is -0.672. The molecule has 2 aromatic carbocycles. The average Bonchev–Trinajstić information content (AvgIpc) is 2.96. The quantitative estimate of drug-likeness (QED) is 0.681. The summed E-state index contributed by atoms with van der Waals surface area (Å²) in [5.74, 6) is -0.410. The Labute approximate surface area is 127 Å². The highest BCUT2D eigenvalue weighted by Crippen LogP contribution is 2.33. The Bertz CT molecular complexity index is 851. The van der Waals surface area contributed by atoms with Gasteiger partial charge < -0.3 is 9.63 Å². The van der Waals surface area contributed by atoms with Crippen molar-refractivity contribution in [3.05, 3.63) is 77.5 Å². The predicted octanol–water partition coefficient (Wildman–Crippen LogP) is 2.40. The normalized spacial score (nSPS) is 13.5. The third-order valence-electron chi connectivity index (χ3n) is 3.94. The number of hydrogen-bond donors (Lipinski definition) is 0. The Kier molecular flexibility index (Phi) is 3.00. The van der Waals surface area contributed by atoms with Crippen molar-refractivity contribution in [3.8, 4) is 11.6 Å². The van der Waals surface area contributed by atoms with Gasteiger partial charge in [0.05, 0.1) is 10.8 Å². The fourth-order valence-electron chi connectivity index (χ4n) is 2.93. The van der Waals surface area contributed by atoms with Gasteiger partial charge in [-0.05, 0) is 28.7 Å². The smallest absolute Gasteiger partial charge is 0.271 e. The van der Waals surface area contributed by atoms with Crippen LogP contribution in [0.5, 0.6) is 5.95 Å². The van der Waals surface area contributed by atoms with Crippen molar-refractivity contribution in [2.45, 2.75) is 12.8 Å². The monoisotopic (exact) mass is 290 g/mol. The fraction of sp³-hybridized carbons (Fsp3) is 0.111. The summed E-state index contributed by atoms with van der Waals surface area (Å²) in [5.41, 5.74) is 4.53. The number of rotatable bonds is 2. The number of fused-ring (bicyclic) bond motifs is 1. The van der Waals surface area contributed by atoms with E-state index in [-0.39, 0.29) is 0 Å². The minimum absolute atomic E-state index is 0.410. The summed E-state index contributed by atoms with van der Waals surface area (Å²) in [4.78, 5) is 0. The molecule has 4 rings (SSSR count). The molecule has 1 aliphatic carbocycles. The number of aromatic nitrogens is 2. The SMILES string of the molecule is [O-]c1on[n+](-c2ccccc2)c1C1=CCCc2ccccc21. The molecule has 22 heavy (non-hydrogen) atoms. The highest BCUT2D eigenvalue weighted by Gasteiger charge is 2.27. The van der Waals surface area contributed by atoms with E-state index in [0.29, 0.717) is 5.69 Å². The molecule has 0 spiro atoms. The molecule has 4 nitrogen and oxygen atoms in total. The Morgan fingerprint density at radius 1 is 1.00 bits per heavy atom. The molecule has 1 aromatic heterocycles. The molecule has 0 bridgehead atoms. The fourth-order valence-corrected chi connectivity index (χ4v) is 2.93. The van der Waals surface area contributed by atoms with Crippen molar-refractivity contribution in [2.24, 2.45) is 0 Å². The van der Waals surface area contributed by atoms with Crippen LogP contribution in [0.3, 0.4) is 0 Å². The van der Waals surface area contributed by atoms with Crippen LogP contribution in [-0.2, 0) is 6.42 Å². The largest absolute Gasteiger partial charge is 0.539 e. The van der Waals surface area contributed by atoms with Gasteiger partial charge in [0.1, 0.15) is 0 Å². The van der Waals surface area contributed by atoms with Gasteiger partial charge in [0.25, 0.3) is 5.69 Å². The van der Waals surface area contributed by atoms with Gasteiger partial charge in [0, 0.05) is 12.1 Å². The van der Waals surface area contributed by atoms with Gasteiger partial charge in [0.2, 0.25) is 5.69 Å². The first-order chi connectivity index (χ1) is 10.8. The van der Waals surface area contributed by atoms with Gasteiger partial charge in [-0.2, -0.15) is 0 Å². The number of benzene rings is 2. The van der Waals surface area contributed by atoms with Gasteiger partial charge >= 0.3 is 0 Å². The molecule has 108 valence electrons. The van der Waals surface area contributed by atoms with Crippen LogP contribution >= 0.6 is 0 Å². The minimum Gasteiger partial charge on any atom is -0.539 e. The van der Waals surface area contributed by atoms with E-state index in [4.69, 9.17) is 4.52 Å². The Morgan fingerprint density at radius 2 is 1.77 bits per heavy atom. The average molecular weight is 290 g/mol. The van der Waals surface area contributed by atoms with Crippen LogP contribution in [0, 0.1) is 0 Å². The molecule has 0 radical (unpaired) electrons. The molecular weight excluding hydrogens is 276 g/mol. The Balaban J connectivity index is 1.91. The van der Waals surface area contributed by atoms with Crippen molar-refractivity contribution in [2.75, 3.05) is 0 Å². The first kappa shape index (κ1) is 12.8. The molecule has 0 fully saturated rings. The van der Waals surface area contributed by atoms with Gasteiger partial charge in [-0.3, -0.25) is 0 Å². The van der Waals surface area contributed by atoms with E-state index in [0.717, 1.165) is 29.7 Å². The predicted molar refractivity (Wildman–Crippen MR) is 79.3 cm³/mol. The van der Waals surface area contributed by atoms with E-state index in [1.807, 2.05) is 48.5 Å². The zero-order valence-electron chi connectivity index (χ0n) is 11.9. The van der Waals surface area contributed by atoms with E-state index in [2.05, 4.69) is 17.4 Å². The first-order valence-electron chi connectivity index (χ1n) is 7.28. The lowest BCUT2D eigenvalue weighted by Gasteiger charge is -2.15. The van der Waals surface area contributed by atoms with Crippen molar-refractivity contribution in [1.29, 1.82) is 0 Å². The van der Waals surface area contributed by atoms with Crippen LogP contribution in [0.4, 0.5) is 0 Å². The third-order valence-corrected chi connectivity index (χ3v) is 3.94. The van der Waals surface area contributed by atoms with E-state index >= 15 is 0 Å². The van der Waals surface area contributed by atoms with Crippen LogP contribution in [0.2, 0.25) is 0 Å². The molecular formula is C18H14N2O2. The molecule has 1 heterocycles. The third kappa shape index (κ3) is 2.00. The molecule has 0 unspecified atom stereocenters. The summed E-state index contributed by atoms with van der Waals surface area (Å²) in [6, 6.07) is 17.7. The lowest BCUT2D eigenvalue weighted by Crippen LogP contribution is -2.36. The van der Waals surface area contributed by atoms with E-state index in [1.54, 1.807) is 4.68 Å². The van der Waals surface area contributed by atoms with Gasteiger partial charge in [0.15, 0.2) is 5.95 Å². The van der Waals surface area contributed by atoms with Crippen LogP contribution in [0.1, 0.15) is 23.2 Å². The maximum Gasteiger partial charge on any atom is 0.271 e. The summed E-state index contributed by atoms with van der Waals surface area (Å²) in [5, 5.41) is 16.2. The maximum atomic E-state index is 12.2. The Hall–Kier alpha value is -2.88. The second-order valence-electron chi connectivity index (χ2n) is 5.27.